The standard InChI is InChI=1S/C23H23F3N6O/c24-23(25,26)15-4-1-3-14(11-15)18-7-6-17(28)21(30-18)22(33)31-19-12-29-9-8-20(19)32-10-2-5-16(27)13-32/h1,3-4,6-9,11-12,16H,2,5,10,13,27-28H2,(H,31,33). The summed E-state index contributed by atoms with van der Waals surface area (Å²) in [7, 11) is 0. The van der Waals surface area contributed by atoms with Gasteiger partial charge in [-0.25, -0.2) is 4.98 Å². The molecule has 3 heterocycles. The molecule has 4 rings (SSSR count). The Morgan fingerprint density at radius 2 is 2.00 bits per heavy atom. The highest BCUT2D eigenvalue weighted by Crippen LogP contribution is 2.32. The van der Waals surface area contributed by atoms with E-state index in [-0.39, 0.29) is 28.7 Å². The number of nitrogens with zero attached hydrogens (tertiary/aromatic N) is 3. The number of hydrogen-bond acceptors (Lipinski definition) is 6. The lowest BCUT2D eigenvalue weighted by Gasteiger charge is -2.33. The van der Waals surface area contributed by atoms with Crippen LogP contribution in [0, 0.1) is 0 Å². The van der Waals surface area contributed by atoms with Gasteiger partial charge >= 0.3 is 6.18 Å². The lowest BCUT2D eigenvalue weighted by molar-refractivity contribution is -0.137. The number of nitrogens with two attached hydrogens (primary N) is 2. The summed E-state index contributed by atoms with van der Waals surface area (Å²) in [6, 6.07) is 9.51. The summed E-state index contributed by atoms with van der Waals surface area (Å²) in [5, 5.41) is 2.79. The lowest BCUT2D eigenvalue weighted by atomic mass is 10.1. The van der Waals surface area contributed by atoms with E-state index >= 15 is 0 Å². The third-order valence-corrected chi connectivity index (χ3v) is 5.47. The average Bonchev–Trinajstić information content (AvgIpc) is 2.79. The molecule has 2 aromatic heterocycles. The van der Waals surface area contributed by atoms with E-state index in [4.69, 9.17) is 11.5 Å². The van der Waals surface area contributed by atoms with Crippen LogP contribution in [0.25, 0.3) is 11.3 Å². The predicted octanol–water partition coefficient (Wildman–Crippen LogP) is 3.92. The summed E-state index contributed by atoms with van der Waals surface area (Å²) in [5.41, 5.74) is 13.0. The van der Waals surface area contributed by atoms with Gasteiger partial charge in [-0.15, -0.1) is 0 Å². The van der Waals surface area contributed by atoms with Gasteiger partial charge in [0.25, 0.3) is 5.91 Å². The van der Waals surface area contributed by atoms with Crippen molar-refractivity contribution in [3.05, 3.63) is 66.1 Å². The van der Waals surface area contributed by atoms with Crippen LogP contribution in [0.5, 0.6) is 0 Å². The molecule has 33 heavy (non-hydrogen) atoms. The Hall–Kier alpha value is -3.66. The molecule has 5 N–H and O–H groups in total. The Labute approximate surface area is 188 Å². The van der Waals surface area contributed by atoms with E-state index in [0.29, 0.717) is 12.2 Å². The van der Waals surface area contributed by atoms with E-state index in [0.717, 1.165) is 37.2 Å². The number of nitrogens with one attached hydrogen (secondary N) is 1. The molecule has 0 radical (unpaired) electrons. The van der Waals surface area contributed by atoms with Gasteiger partial charge < -0.3 is 21.7 Å². The van der Waals surface area contributed by atoms with Crippen molar-refractivity contribution in [3.8, 4) is 11.3 Å². The van der Waals surface area contributed by atoms with Gasteiger partial charge in [-0.1, -0.05) is 12.1 Å². The smallest absolute Gasteiger partial charge is 0.397 e. The summed E-state index contributed by atoms with van der Waals surface area (Å²) in [4.78, 5) is 23.5. The van der Waals surface area contributed by atoms with Crippen LogP contribution in [0.2, 0.25) is 0 Å². The first-order valence-electron chi connectivity index (χ1n) is 10.4. The number of amides is 1. The van der Waals surface area contributed by atoms with E-state index < -0.39 is 17.6 Å². The number of carbonyl (C=O) groups excluding carboxylic acids is 1. The van der Waals surface area contributed by atoms with E-state index in [1.54, 1.807) is 12.3 Å². The molecule has 1 fully saturated rings. The van der Waals surface area contributed by atoms with Crippen molar-refractivity contribution in [2.75, 3.05) is 29.0 Å². The highest BCUT2D eigenvalue weighted by Gasteiger charge is 2.30. The van der Waals surface area contributed by atoms with Gasteiger partial charge in [0.05, 0.1) is 34.5 Å². The monoisotopic (exact) mass is 456 g/mol. The first-order chi connectivity index (χ1) is 15.7. The van der Waals surface area contributed by atoms with Crippen LogP contribution < -0.4 is 21.7 Å². The summed E-state index contributed by atoms with van der Waals surface area (Å²) >= 11 is 0. The Morgan fingerprint density at radius 3 is 2.76 bits per heavy atom. The Balaban J connectivity index is 1.62. The number of halogens is 3. The molecule has 172 valence electrons. The van der Waals surface area contributed by atoms with Crippen molar-refractivity contribution < 1.29 is 18.0 Å². The number of alkyl halides is 3. The molecular formula is C23H23F3N6O. The fourth-order valence-corrected chi connectivity index (χ4v) is 3.84. The molecule has 0 spiro atoms. The zero-order valence-electron chi connectivity index (χ0n) is 17.6. The quantitative estimate of drug-likeness (QED) is 0.549. The summed E-state index contributed by atoms with van der Waals surface area (Å²) in [5.74, 6) is -0.586. The zero-order valence-corrected chi connectivity index (χ0v) is 17.6. The minimum Gasteiger partial charge on any atom is -0.397 e. The van der Waals surface area contributed by atoms with E-state index in [1.807, 2.05) is 0 Å². The van der Waals surface area contributed by atoms with Crippen LogP contribution in [0.15, 0.2) is 54.9 Å². The second-order valence-corrected chi connectivity index (χ2v) is 7.91. The molecule has 1 aliphatic rings. The minimum atomic E-state index is -4.49. The maximum Gasteiger partial charge on any atom is 0.416 e. The molecule has 1 aromatic carbocycles. The number of piperidine rings is 1. The van der Waals surface area contributed by atoms with Gasteiger partial charge in [-0.3, -0.25) is 9.78 Å². The Morgan fingerprint density at radius 1 is 1.18 bits per heavy atom. The lowest BCUT2D eigenvalue weighted by Crippen LogP contribution is -2.43. The maximum absolute atomic E-state index is 13.1. The summed E-state index contributed by atoms with van der Waals surface area (Å²) < 4.78 is 39.3. The van der Waals surface area contributed by atoms with E-state index in [9.17, 15) is 18.0 Å². The number of aromatic nitrogens is 2. The average molecular weight is 456 g/mol. The molecule has 1 amide bonds. The molecule has 1 unspecified atom stereocenters. The topological polar surface area (TPSA) is 110 Å². The number of carbonyl (C=O) groups is 1. The van der Waals surface area contributed by atoms with Gasteiger partial charge in [-0.05, 0) is 43.2 Å². The molecular weight excluding hydrogens is 433 g/mol. The molecule has 3 aromatic rings. The van der Waals surface area contributed by atoms with Gasteiger partial charge in [0.15, 0.2) is 5.69 Å². The van der Waals surface area contributed by atoms with Crippen molar-refractivity contribution >= 4 is 23.0 Å². The second kappa shape index (κ2) is 9.07. The fraction of sp³-hybridized carbons (Fsp3) is 0.261. The van der Waals surface area contributed by atoms with Crippen LogP contribution in [0.3, 0.4) is 0 Å². The van der Waals surface area contributed by atoms with Gasteiger partial charge in [0, 0.05) is 30.9 Å². The highest BCUT2D eigenvalue weighted by atomic mass is 19.4. The number of benzene rings is 1. The second-order valence-electron chi connectivity index (χ2n) is 7.91. The van der Waals surface area contributed by atoms with E-state index in [1.165, 1.54) is 30.5 Å². The van der Waals surface area contributed by atoms with Crippen molar-refractivity contribution in [1.82, 2.24) is 9.97 Å². The number of pyridine rings is 2. The van der Waals surface area contributed by atoms with Crippen LogP contribution in [0.4, 0.5) is 30.2 Å². The van der Waals surface area contributed by atoms with Crippen LogP contribution >= 0.6 is 0 Å². The molecule has 1 saturated heterocycles. The predicted molar refractivity (Wildman–Crippen MR) is 121 cm³/mol. The highest BCUT2D eigenvalue weighted by molar-refractivity contribution is 6.07. The van der Waals surface area contributed by atoms with Crippen molar-refractivity contribution in [1.29, 1.82) is 0 Å². The van der Waals surface area contributed by atoms with Crippen LogP contribution in [-0.4, -0.2) is 35.0 Å². The Bertz CT molecular complexity index is 1170. The summed E-state index contributed by atoms with van der Waals surface area (Å²) in [6.45, 7) is 1.45. The van der Waals surface area contributed by atoms with Gasteiger partial charge in [-0.2, -0.15) is 13.2 Å². The molecule has 0 aliphatic carbocycles. The maximum atomic E-state index is 13.1. The zero-order chi connectivity index (χ0) is 23.6. The third-order valence-electron chi connectivity index (χ3n) is 5.47. The van der Waals surface area contributed by atoms with Crippen molar-refractivity contribution in [2.24, 2.45) is 5.73 Å². The van der Waals surface area contributed by atoms with Crippen LogP contribution in [0.1, 0.15) is 28.9 Å². The minimum absolute atomic E-state index is 0.0388. The largest absolute Gasteiger partial charge is 0.416 e. The van der Waals surface area contributed by atoms with Crippen LogP contribution in [-0.2, 0) is 6.18 Å². The molecule has 0 saturated carbocycles. The fourth-order valence-electron chi connectivity index (χ4n) is 3.84. The first kappa shape index (κ1) is 22.5. The van der Waals surface area contributed by atoms with Gasteiger partial charge in [0.2, 0.25) is 0 Å². The number of hydrogen-bond donors (Lipinski definition) is 3. The summed E-state index contributed by atoms with van der Waals surface area (Å²) in [6.07, 6.45) is 0.542. The van der Waals surface area contributed by atoms with E-state index in [2.05, 4.69) is 20.2 Å². The molecule has 1 atom stereocenters. The number of anilines is 3. The third kappa shape index (κ3) is 5.06. The molecule has 1 aliphatic heterocycles. The molecule has 7 nitrogen and oxygen atoms in total. The Kier molecular flexibility index (Phi) is 6.19. The number of nitrogen functional groups attached to an aromatic ring is 1. The first-order valence-corrected chi connectivity index (χ1v) is 10.4. The molecule has 0 bridgehead atoms. The normalized spacial score (nSPS) is 16.5. The van der Waals surface area contributed by atoms with Crippen molar-refractivity contribution in [2.45, 2.75) is 25.1 Å². The number of rotatable bonds is 4. The molecule has 10 heteroatoms. The van der Waals surface area contributed by atoms with Gasteiger partial charge in [0.1, 0.15) is 0 Å². The van der Waals surface area contributed by atoms with Crippen molar-refractivity contribution in [3.63, 3.8) is 0 Å². The SMILES string of the molecule is Nc1ccc(-c2cccc(C(F)(F)F)c2)nc1C(=O)Nc1cnccc1N1CCCC(N)C1.